The lowest BCUT2D eigenvalue weighted by Crippen LogP contribution is -2.02. The molecule has 0 aliphatic carbocycles. The predicted octanol–water partition coefficient (Wildman–Crippen LogP) is 6.05. The Hall–Kier alpha value is -4.21. The first-order valence-corrected chi connectivity index (χ1v) is 11.8. The molecule has 0 fully saturated rings. The SMILES string of the molecule is O=C(O)c1ccnc(-c2cc(C(=O)O)cc(-c3cc(/C=C/c4scc5sccc45)ccn3)n2)c1. The molecular weight excluding hydrogens is 470 g/mol. The molecule has 0 aliphatic rings. The molecule has 5 rings (SSSR count). The van der Waals surface area contributed by atoms with Crippen LogP contribution in [0, 0.1) is 0 Å². The molecule has 0 radical (unpaired) electrons. The fourth-order valence-corrected chi connectivity index (χ4v) is 5.31. The van der Waals surface area contributed by atoms with E-state index in [-0.39, 0.29) is 22.5 Å². The number of carboxylic acid groups (broad SMARTS) is 2. The van der Waals surface area contributed by atoms with Gasteiger partial charge in [0.15, 0.2) is 0 Å². The molecule has 0 saturated heterocycles. The van der Waals surface area contributed by atoms with E-state index in [0.717, 1.165) is 10.4 Å². The van der Waals surface area contributed by atoms with E-state index in [1.165, 1.54) is 40.5 Å². The van der Waals surface area contributed by atoms with Gasteiger partial charge in [0.25, 0.3) is 0 Å². The Bertz CT molecular complexity index is 1590. The third-order valence-electron chi connectivity index (χ3n) is 5.07. The van der Waals surface area contributed by atoms with Crippen molar-refractivity contribution in [1.29, 1.82) is 0 Å². The van der Waals surface area contributed by atoms with E-state index < -0.39 is 11.9 Å². The zero-order chi connectivity index (χ0) is 23.7. The van der Waals surface area contributed by atoms with Gasteiger partial charge in [0.05, 0.1) is 33.9 Å². The second-order valence-corrected chi connectivity index (χ2v) is 9.13. The van der Waals surface area contributed by atoms with E-state index in [4.69, 9.17) is 0 Å². The van der Waals surface area contributed by atoms with Gasteiger partial charge in [-0.2, -0.15) is 0 Å². The maximum Gasteiger partial charge on any atom is 0.335 e. The van der Waals surface area contributed by atoms with Crippen LogP contribution in [-0.4, -0.2) is 37.1 Å². The van der Waals surface area contributed by atoms with Crippen molar-refractivity contribution in [2.24, 2.45) is 0 Å². The summed E-state index contributed by atoms with van der Waals surface area (Å²) in [6, 6.07) is 11.3. The lowest BCUT2D eigenvalue weighted by atomic mass is 10.1. The van der Waals surface area contributed by atoms with E-state index in [9.17, 15) is 19.8 Å². The molecule has 5 heterocycles. The Balaban J connectivity index is 1.54. The van der Waals surface area contributed by atoms with E-state index >= 15 is 0 Å². The number of aromatic carboxylic acids is 2. The Kier molecular flexibility index (Phi) is 5.70. The second-order valence-electron chi connectivity index (χ2n) is 7.27. The van der Waals surface area contributed by atoms with Gasteiger partial charge in [0.1, 0.15) is 0 Å². The van der Waals surface area contributed by atoms with Crippen LogP contribution in [-0.2, 0) is 0 Å². The van der Waals surface area contributed by atoms with Crippen molar-refractivity contribution in [1.82, 2.24) is 15.0 Å². The molecule has 5 aromatic heterocycles. The zero-order valence-corrected chi connectivity index (χ0v) is 19.0. The topological polar surface area (TPSA) is 113 Å². The maximum atomic E-state index is 11.8. The van der Waals surface area contributed by atoms with Gasteiger partial charge >= 0.3 is 11.9 Å². The molecule has 0 amide bonds. The fraction of sp³-hybridized carbons (Fsp3) is 0. The molecule has 7 nitrogen and oxygen atoms in total. The lowest BCUT2D eigenvalue weighted by molar-refractivity contribution is 0.0686. The van der Waals surface area contributed by atoms with Gasteiger partial charge in [0, 0.05) is 32.7 Å². The number of aromatic nitrogens is 3. The smallest absolute Gasteiger partial charge is 0.335 e. The van der Waals surface area contributed by atoms with Gasteiger partial charge < -0.3 is 10.2 Å². The van der Waals surface area contributed by atoms with Gasteiger partial charge in [-0.05, 0) is 59.5 Å². The maximum absolute atomic E-state index is 11.8. The number of rotatable bonds is 6. The van der Waals surface area contributed by atoms with Crippen molar-refractivity contribution in [2.75, 3.05) is 0 Å². The lowest BCUT2D eigenvalue weighted by Gasteiger charge is -2.08. The monoisotopic (exact) mass is 485 g/mol. The highest BCUT2D eigenvalue weighted by molar-refractivity contribution is 7.22. The number of carboxylic acids is 2. The quantitative estimate of drug-likeness (QED) is 0.301. The highest BCUT2D eigenvalue weighted by Crippen LogP contribution is 2.31. The Morgan fingerprint density at radius 2 is 1.44 bits per heavy atom. The van der Waals surface area contributed by atoms with Crippen LogP contribution in [0.15, 0.2) is 65.6 Å². The molecule has 9 heteroatoms. The van der Waals surface area contributed by atoms with Crippen LogP contribution in [0.3, 0.4) is 0 Å². The van der Waals surface area contributed by atoms with Crippen LogP contribution in [0.4, 0.5) is 0 Å². The summed E-state index contributed by atoms with van der Waals surface area (Å²) in [7, 11) is 0. The number of pyridine rings is 3. The number of hydrogen-bond donors (Lipinski definition) is 2. The summed E-state index contributed by atoms with van der Waals surface area (Å²) in [6.45, 7) is 0. The first-order valence-electron chi connectivity index (χ1n) is 10.0. The summed E-state index contributed by atoms with van der Waals surface area (Å²) < 4.78 is 1.25. The Labute approximate surface area is 201 Å². The van der Waals surface area contributed by atoms with E-state index in [1.54, 1.807) is 28.9 Å². The average molecular weight is 486 g/mol. The van der Waals surface area contributed by atoms with Crippen molar-refractivity contribution < 1.29 is 19.8 Å². The summed E-state index contributed by atoms with van der Waals surface area (Å²) in [5, 5.41) is 24.3. The molecule has 0 atom stereocenters. The molecule has 5 aromatic rings. The number of carbonyl (C=O) groups is 2. The normalized spacial score (nSPS) is 11.3. The van der Waals surface area contributed by atoms with Gasteiger partial charge in [0.2, 0.25) is 0 Å². The average Bonchev–Trinajstić information content (AvgIpc) is 3.47. The minimum atomic E-state index is -1.13. The molecule has 0 bridgehead atoms. The molecule has 34 heavy (non-hydrogen) atoms. The molecule has 0 saturated carbocycles. The molecule has 0 unspecified atom stereocenters. The van der Waals surface area contributed by atoms with Crippen LogP contribution < -0.4 is 0 Å². The van der Waals surface area contributed by atoms with E-state index in [0.29, 0.717) is 11.4 Å². The summed E-state index contributed by atoms with van der Waals surface area (Å²) >= 11 is 3.39. The van der Waals surface area contributed by atoms with Gasteiger partial charge in [-0.3, -0.25) is 9.97 Å². The summed E-state index contributed by atoms with van der Waals surface area (Å²) in [5.41, 5.74) is 2.28. The van der Waals surface area contributed by atoms with Crippen molar-refractivity contribution in [2.45, 2.75) is 0 Å². The molecule has 0 spiro atoms. The van der Waals surface area contributed by atoms with E-state index in [1.807, 2.05) is 24.3 Å². The minimum absolute atomic E-state index is 0.00343. The Morgan fingerprint density at radius 3 is 2.18 bits per heavy atom. The number of fused-ring (bicyclic) bond motifs is 1. The highest BCUT2D eigenvalue weighted by Gasteiger charge is 2.14. The molecular formula is C25H15N3O4S2. The number of hydrogen-bond acceptors (Lipinski definition) is 7. The highest BCUT2D eigenvalue weighted by atomic mass is 32.1. The first kappa shape index (κ1) is 21.6. The summed E-state index contributed by atoms with van der Waals surface area (Å²) in [6.07, 6.45) is 7.02. The van der Waals surface area contributed by atoms with Crippen LogP contribution >= 0.6 is 22.7 Å². The molecule has 0 aliphatic heterocycles. The summed E-state index contributed by atoms with van der Waals surface area (Å²) in [4.78, 5) is 37.3. The standard InChI is InChI=1S/C25H15N3O4S2/c29-24(30)15-4-7-27-19(10-15)21-12-16(25(31)32)11-20(28-21)18-9-14(3-6-26-18)1-2-22-17-5-8-33-23(17)13-34-22/h1-13H,(H,29,30)(H,31,32)/b2-1+. The van der Waals surface area contributed by atoms with Crippen molar-refractivity contribution in [3.05, 3.63) is 87.2 Å². The van der Waals surface area contributed by atoms with E-state index in [2.05, 4.69) is 31.8 Å². The zero-order valence-electron chi connectivity index (χ0n) is 17.4. The summed E-state index contributed by atoms with van der Waals surface area (Å²) in [5.74, 6) is -2.24. The fourth-order valence-electron chi connectivity index (χ4n) is 3.41. The van der Waals surface area contributed by atoms with Gasteiger partial charge in [-0.1, -0.05) is 6.08 Å². The predicted molar refractivity (Wildman–Crippen MR) is 133 cm³/mol. The molecule has 166 valence electrons. The number of nitrogens with zero attached hydrogens (tertiary/aromatic N) is 3. The van der Waals surface area contributed by atoms with Gasteiger partial charge in [-0.25, -0.2) is 14.6 Å². The largest absolute Gasteiger partial charge is 0.478 e. The van der Waals surface area contributed by atoms with Crippen LogP contribution in [0.5, 0.6) is 0 Å². The van der Waals surface area contributed by atoms with Crippen molar-refractivity contribution in [3.8, 4) is 22.8 Å². The van der Waals surface area contributed by atoms with Crippen LogP contribution in [0.2, 0.25) is 0 Å². The Morgan fingerprint density at radius 1 is 0.765 bits per heavy atom. The van der Waals surface area contributed by atoms with Crippen LogP contribution in [0.25, 0.3) is 45.0 Å². The van der Waals surface area contributed by atoms with Crippen molar-refractivity contribution in [3.63, 3.8) is 0 Å². The van der Waals surface area contributed by atoms with Crippen molar-refractivity contribution >= 4 is 56.9 Å². The third-order valence-corrected chi connectivity index (χ3v) is 7.05. The minimum Gasteiger partial charge on any atom is -0.478 e. The number of thiophene rings is 2. The molecule has 0 aromatic carbocycles. The second kappa shape index (κ2) is 8.97. The van der Waals surface area contributed by atoms with Crippen LogP contribution in [0.1, 0.15) is 31.2 Å². The first-order chi connectivity index (χ1) is 16.5. The van der Waals surface area contributed by atoms with Gasteiger partial charge in [-0.15, -0.1) is 22.7 Å². The molecule has 2 N–H and O–H groups in total. The third kappa shape index (κ3) is 4.34.